The first-order chi connectivity index (χ1) is 10.3. The van der Waals surface area contributed by atoms with E-state index in [4.69, 9.17) is 0 Å². The molecule has 0 spiro atoms. The van der Waals surface area contributed by atoms with Crippen molar-refractivity contribution in [2.75, 3.05) is 26.2 Å². The van der Waals surface area contributed by atoms with E-state index < -0.39 is 6.17 Å². The Morgan fingerprint density at radius 3 is 2.43 bits per heavy atom. The van der Waals surface area contributed by atoms with Crippen LogP contribution in [-0.2, 0) is 0 Å². The van der Waals surface area contributed by atoms with Gasteiger partial charge in [-0.25, -0.2) is 4.39 Å². The molecule has 1 fully saturated rings. The van der Waals surface area contributed by atoms with Crippen LogP contribution >= 0.6 is 0 Å². The molecule has 21 heavy (non-hydrogen) atoms. The van der Waals surface area contributed by atoms with Gasteiger partial charge >= 0.3 is 0 Å². The second-order valence-electron chi connectivity index (χ2n) is 6.89. The lowest BCUT2D eigenvalue weighted by atomic mass is 9.81. The second kappa shape index (κ2) is 4.31. The van der Waals surface area contributed by atoms with E-state index in [2.05, 4.69) is 20.4 Å². The molecule has 5 rings (SSSR count). The molecule has 0 bridgehead atoms. The van der Waals surface area contributed by atoms with Crippen LogP contribution in [0.5, 0.6) is 0 Å². The van der Waals surface area contributed by atoms with Gasteiger partial charge in [-0.3, -0.25) is 0 Å². The van der Waals surface area contributed by atoms with Crippen LogP contribution in [-0.4, -0.2) is 54.2 Å². The van der Waals surface area contributed by atoms with Gasteiger partial charge in [-0.05, 0) is 25.7 Å². The molecule has 5 aliphatic rings. The van der Waals surface area contributed by atoms with E-state index >= 15 is 0 Å². The Morgan fingerprint density at radius 1 is 0.952 bits per heavy atom. The third-order valence-corrected chi connectivity index (χ3v) is 5.88. The molecular weight excluding hydrogens is 267 g/mol. The quantitative estimate of drug-likeness (QED) is 0.704. The highest BCUT2D eigenvalue weighted by Crippen LogP contribution is 2.45. The first-order valence-corrected chi connectivity index (χ1v) is 8.47. The van der Waals surface area contributed by atoms with Gasteiger partial charge in [0.15, 0.2) is 0 Å². The molecule has 0 amide bonds. The molecule has 4 nitrogen and oxygen atoms in total. The Balaban J connectivity index is 1.69. The summed E-state index contributed by atoms with van der Waals surface area (Å²) >= 11 is 0. The average molecular weight is 290 g/mol. The molecule has 5 aliphatic heterocycles. The molecule has 0 aromatic heterocycles. The Kier molecular flexibility index (Phi) is 2.50. The number of nitrogens with one attached hydrogen (secondary N) is 2. The van der Waals surface area contributed by atoms with Gasteiger partial charge in [0.2, 0.25) is 0 Å². The SMILES string of the molecule is FC1CCN2C3=C1CCCN3C1CCNC3=C1C2CCN3. The highest BCUT2D eigenvalue weighted by atomic mass is 19.1. The molecule has 0 radical (unpaired) electrons. The first-order valence-electron chi connectivity index (χ1n) is 8.47. The molecule has 0 aromatic rings. The topological polar surface area (TPSA) is 30.5 Å². The molecular formula is C16H23FN4. The van der Waals surface area contributed by atoms with Gasteiger partial charge in [-0.1, -0.05) is 0 Å². The molecule has 114 valence electrons. The summed E-state index contributed by atoms with van der Waals surface area (Å²) in [5.74, 6) is 2.55. The molecule has 2 N–H and O–H groups in total. The number of fused-ring (bicyclic) bond motifs is 2. The summed E-state index contributed by atoms with van der Waals surface area (Å²) < 4.78 is 14.4. The Labute approximate surface area is 125 Å². The van der Waals surface area contributed by atoms with Crippen LogP contribution in [0.15, 0.2) is 22.8 Å². The van der Waals surface area contributed by atoms with Crippen LogP contribution in [0.3, 0.4) is 0 Å². The van der Waals surface area contributed by atoms with Gasteiger partial charge < -0.3 is 20.4 Å². The number of hydrogen-bond donors (Lipinski definition) is 2. The summed E-state index contributed by atoms with van der Waals surface area (Å²) in [7, 11) is 0. The number of nitrogens with zero attached hydrogens (tertiary/aromatic N) is 2. The van der Waals surface area contributed by atoms with Crippen molar-refractivity contribution >= 4 is 0 Å². The minimum absolute atomic E-state index is 0.492. The third-order valence-electron chi connectivity index (χ3n) is 5.88. The number of halogens is 1. The van der Waals surface area contributed by atoms with Crippen LogP contribution in [0.4, 0.5) is 4.39 Å². The van der Waals surface area contributed by atoms with Crippen molar-refractivity contribution in [3.05, 3.63) is 22.8 Å². The molecule has 0 aliphatic carbocycles. The molecule has 1 saturated heterocycles. The first kappa shape index (κ1) is 12.2. The van der Waals surface area contributed by atoms with E-state index in [0.717, 1.165) is 57.4 Å². The number of alkyl halides is 1. The van der Waals surface area contributed by atoms with Crippen molar-refractivity contribution in [2.24, 2.45) is 0 Å². The average Bonchev–Trinajstić information content (AvgIpc) is 2.54. The van der Waals surface area contributed by atoms with Crippen LogP contribution in [0.25, 0.3) is 0 Å². The van der Waals surface area contributed by atoms with Gasteiger partial charge in [-0.15, -0.1) is 0 Å². The van der Waals surface area contributed by atoms with Gasteiger partial charge in [0.25, 0.3) is 0 Å². The lowest BCUT2D eigenvalue weighted by Gasteiger charge is -2.58. The molecule has 3 unspecified atom stereocenters. The van der Waals surface area contributed by atoms with Crippen molar-refractivity contribution in [2.45, 2.75) is 50.4 Å². The number of allylic oxidation sites excluding steroid dienone is 1. The third kappa shape index (κ3) is 1.55. The summed E-state index contributed by atoms with van der Waals surface area (Å²) in [6.45, 7) is 4.03. The number of hydrogen-bond acceptors (Lipinski definition) is 4. The van der Waals surface area contributed by atoms with Crippen LogP contribution < -0.4 is 10.6 Å². The fourth-order valence-corrected chi connectivity index (χ4v) is 5.08. The predicted molar refractivity (Wildman–Crippen MR) is 79.0 cm³/mol. The zero-order valence-corrected chi connectivity index (χ0v) is 12.4. The molecule has 0 saturated carbocycles. The molecule has 3 atom stereocenters. The maximum absolute atomic E-state index is 14.4. The van der Waals surface area contributed by atoms with E-state index in [-0.39, 0.29) is 0 Å². The van der Waals surface area contributed by atoms with E-state index in [1.54, 1.807) is 5.57 Å². The highest BCUT2D eigenvalue weighted by molar-refractivity contribution is 5.38. The van der Waals surface area contributed by atoms with Gasteiger partial charge in [0.05, 0.1) is 12.1 Å². The monoisotopic (exact) mass is 290 g/mol. The summed E-state index contributed by atoms with van der Waals surface area (Å²) in [6, 6.07) is 0.983. The molecule has 0 aromatic carbocycles. The Hall–Kier alpha value is -1.39. The van der Waals surface area contributed by atoms with Crippen LogP contribution in [0.2, 0.25) is 0 Å². The zero-order valence-electron chi connectivity index (χ0n) is 12.4. The van der Waals surface area contributed by atoms with Crippen molar-refractivity contribution in [1.82, 2.24) is 20.4 Å². The predicted octanol–water partition coefficient (Wildman–Crippen LogP) is 1.29. The summed E-state index contributed by atoms with van der Waals surface area (Å²) in [4.78, 5) is 5.06. The van der Waals surface area contributed by atoms with Gasteiger partial charge in [-0.2, -0.15) is 0 Å². The van der Waals surface area contributed by atoms with E-state index in [0.29, 0.717) is 18.5 Å². The van der Waals surface area contributed by atoms with Crippen LogP contribution in [0, 0.1) is 0 Å². The van der Waals surface area contributed by atoms with Crippen molar-refractivity contribution < 1.29 is 4.39 Å². The van der Waals surface area contributed by atoms with Gasteiger partial charge in [0, 0.05) is 43.7 Å². The van der Waals surface area contributed by atoms with Crippen molar-refractivity contribution in [3.8, 4) is 0 Å². The normalized spacial score (nSPS) is 37.7. The fourth-order valence-electron chi connectivity index (χ4n) is 5.08. The molecule has 5 heterocycles. The maximum atomic E-state index is 14.4. The van der Waals surface area contributed by atoms with E-state index in [1.165, 1.54) is 11.6 Å². The van der Waals surface area contributed by atoms with Crippen molar-refractivity contribution in [3.63, 3.8) is 0 Å². The van der Waals surface area contributed by atoms with Gasteiger partial charge in [0.1, 0.15) is 17.8 Å². The Bertz CT molecular complexity index is 514. The van der Waals surface area contributed by atoms with Crippen molar-refractivity contribution in [1.29, 1.82) is 0 Å². The Morgan fingerprint density at radius 2 is 1.67 bits per heavy atom. The smallest absolute Gasteiger partial charge is 0.127 e. The largest absolute Gasteiger partial charge is 0.372 e. The minimum Gasteiger partial charge on any atom is -0.372 e. The lowest BCUT2D eigenvalue weighted by Crippen LogP contribution is -2.63. The summed E-state index contributed by atoms with van der Waals surface area (Å²) in [5, 5.41) is 7.11. The fraction of sp³-hybridized carbons (Fsp3) is 0.750. The summed E-state index contributed by atoms with van der Waals surface area (Å²) in [5.41, 5.74) is 2.65. The highest BCUT2D eigenvalue weighted by Gasteiger charge is 2.48. The minimum atomic E-state index is -0.701. The lowest BCUT2D eigenvalue weighted by molar-refractivity contribution is 0.0489. The van der Waals surface area contributed by atoms with E-state index in [1.807, 2.05) is 0 Å². The van der Waals surface area contributed by atoms with E-state index in [9.17, 15) is 4.39 Å². The second-order valence-corrected chi connectivity index (χ2v) is 6.89. The van der Waals surface area contributed by atoms with Crippen LogP contribution in [0.1, 0.15) is 32.1 Å². The summed E-state index contributed by atoms with van der Waals surface area (Å²) in [6.07, 6.45) is 4.35. The molecule has 5 heteroatoms. The number of rotatable bonds is 0. The maximum Gasteiger partial charge on any atom is 0.127 e. The zero-order chi connectivity index (χ0) is 14.0. The standard InChI is InChI=1S/C16H23FN4/c17-11-5-9-21-13-4-7-19-15-14(13)12(3-6-18-15)20-8-1-2-10(11)16(20)21/h11-13,18-19H,1-9H2.